The highest BCUT2D eigenvalue weighted by Crippen LogP contribution is 2.70. The van der Waals surface area contributed by atoms with Crippen molar-refractivity contribution in [1.29, 1.82) is 0 Å². The second-order valence-electron chi connectivity index (χ2n) is 21.1. The molecule has 10 atom stereocenters. The molecule has 4 aliphatic carbocycles. The maximum absolute atomic E-state index is 12.3. The zero-order valence-corrected chi connectivity index (χ0v) is 37.5. The van der Waals surface area contributed by atoms with Crippen LogP contribution in [-0.4, -0.2) is 23.0 Å². The number of rotatable bonds is 11. The summed E-state index contributed by atoms with van der Waals surface area (Å²) in [4.78, 5) is 36.6. The predicted octanol–water partition coefficient (Wildman–Crippen LogP) is 13.2. The average molecular weight is 851 g/mol. The van der Waals surface area contributed by atoms with E-state index in [1.807, 2.05) is 24.3 Å². The van der Waals surface area contributed by atoms with Gasteiger partial charge in [-0.15, -0.1) is 0 Å². The number of aliphatic hydroxyl groups excluding tert-OH is 1. The van der Waals surface area contributed by atoms with Gasteiger partial charge in [0.1, 0.15) is 23.0 Å². The second kappa shape index (κ2) is 15.9. The summed E-state index contributed by atoms with van der Waals surface area (Å²) in [5, 5.41) is 10.1. The lowest BCUT2D eigenvalue weighted by molar-refractivity contribution is -0.122. The Morgan fingerprint density at radius 3 is 1.94 bits per heavy atom. The molecule has 10 rings (SSSR count). The molecule has 0 saturated heterocycles. The third-order valence-electron chi connectivity index (χ3n) is 17.6. The van der Waals surface area contributed by atoms with E-state index in [1.165, 1.54) is 75.3 Å². The number of carbonyl (C=O) groups is 3. The van der Waals surface area contributed by atoms with Crippen LogP contribution in [0.15, 0.2) is 84.9 Å². The molecule has 4 aromatic rings. The summed E-state index contributed by atoms with van der Waals surface area (Å²) in [5.41, 5.74) is 4.30. The normalized spacial score (nSPS) is 32.2. The summed E-state index contributed by atoms with van der Waals surface area (Å²) < 4.78 is 22.3. The third kappa shape index (κ3) is 7.19. The molecule has 4 fully saturated rings. The van der Waals surface area contributed by atoms with E-state index < -0.39 is 24.2 Å². The summed E-state index contributed by atoms with van der Waals surface area (Å²) >= 11 is 0. The summed E-state index contributed by atoms with van der Waals surface area (Å²) in [6, 6.07) is 26.9. The molecule has 0 amide bonds. The van der Waals surface area contributed by atoms with Crippen LogP contribution in [0.2, 0.25) is 0 Å². The molecule has 4 saturated carbocycles. The molecule has 2 heterocycles. The number of hydrogen-bond acceptors (Lipinski definition) is 8. The maximum Gasteiger partial charge on any atom is 0.347 e. The van der Waals surface area contributed by atoms with Gasteiger partial charge in [0.15, 0.2) is 0 Å². The number of esters is 3. The Morgan fingerprint density at radius 2 is 1.25 bits per heavy atom. The van der Waals surface area contributed by atoms with Gasteiger partial charge >= 0.3 is 17.9 Å². The van der Waals surface area contributed by atoms with Crippen molar-refractivity contribution in [2.24, 2.45) is 52.3 Å². The van der Waals surface area contributed by atoms with Crippen LogP contribution in [0.3, 0.4) is 0 Å². The first-order chi connectivity index (χ1) is 30.3. The largest absolute Gasteiger partial charge is 0.457 e. The molecular formula is C55H62O8. The SMILES string of the molecule is CC(C)CCCC(C)C1CCC2C3CCC4CC(c5ccc(Oc6ccc7c(c6)C(=O)OC7=O)cc5)(c5ccc(Oc6ccc7c(c6)C(=O)OC7O)cc5)CCC4(C)C3CCC12C. The van der Waals surface area contributed by atoms with Crippen molar-refractivity contribution in [1.82, 2.24) is 0 Å². The zero-order chi connectivity index (χ0) is 43.8. The molecule has 2 aliphatic heterocycles. The van der Waals surface area contributed by atoms with Gasteiger partial charge in [0.05, 0.1) is 16.7 Å². The van der Waals surface area contributed by atoms with Crippen molar-refractivity contribution in [3.05, 3.63) is 118 Å². The van der Waals surface area contributed by atoms with Gasteiger partial charge in [0, 0.05) is 11.0 Å². The van der Waals surface area contributed by atoms with Gasteiger partial charge in [-0.2, -0.15) is 0 Å². The number of aliphatic hydroxyl groups is 1. The molecular weight excluding hydrogens is 789 g/mol. The van der Waals surface area contributed by atoms with Gasteiger partial charge < -0.3 is 24.1 Å². The minimum atomic E-state index is -1.25. The van der Waals surface area contributed by atoms with Crippen molar-refractivity contribution in [3.8, 4) is 23.0 Å². The highest BCUT2D eigenvalue weighted by atomic mass is 16.6. The first-order valence-corrected chi connectivity index (χ1v) is 23.8. The number of hydrogen-bond donors (Lipinski definition) is 1. The van der Waals surface area contributed by atoms with E-state index in [9.17, 15) is 19.5 Å². The van der Waals surface area contributed by atoms with E-state index in [-0.39, 0.29) is 16.5 Å². The molecule has 0 radical (unpaired) electrons. The molecule has 10 unspecified atom stereocenters. The molecule has 1 N–H and O–H groups in total. The van der Waals surface area contributed by atoms with E-state index in [0.29, 0.717) is 50.9 Å². The van der Waals surface area contributed by atoms with Crippen molar-refractivity contribution in [2.45, 2.75) is 123 Å². The quantitative estimate of drug-likeness (QED) is 0.117. The van der Waals surface area contributed by atoms with Crippen molar-refractivity contribution >= 4 is 17.9 Å². The van der Waals surface area contributed by atoms with Crippen LogP contribution in [0.5, 0.6) is 23.0 Å². The van der Waals surface area contributed by atoms with Gasteiger partial charge in [-0.25, -0.2) is 14.4 Å². The van der Waals surface area contributed by atoms with Crippen LogP contribution in [0.1, 0.15) is 166 Å². The summed E-state index contributed by atoms with van der Waals surface area (Å²) in [7, 11) is 0. The van der Waals surface area contributed by atoms with E-state index in [4.69, 9.17) is 18.9 Å². The Kier molecular flexibility index (Phi) is 10.6. The van der Waals surface area contributed by atoms with Crippen LogP contribution >= 0.6 is 0 Å². The minimum absolute atomic E-state index is 0.222. The topological polar surface area (TPSA) is 108 Å². The monoisotopic (exact) mass is 850 g/mol. The molecule has 8 heteroatoms. The minimum Gasteiger partial charge on any atom is -0.457 e. The number of ether oxygens (including phenoxy) is 4. The van der Waals surface area contributed by atoms with Crippen molar-refractivity contribution in [2.75, 3.05) is 0 Å². The lowest BCUT2D eigenvalue weighted by atomic mass is 9.42. The highest BCUT2D eigenvalue weighted by Gasteiger charge is 2.62. The molecule has 4 aromatic carbocycles. The highest BCUT2D eigenvalue weighted by molar-refractivity contribution is 6.14. The molecule has 0 bridgehead atoms. The molecule has 330 valence electrons. The van der Waals surface area contributed by atoms with Gasteiger partial charge in [0.25, 0.3) is 0 Å². The molecule has 8 nitrogen and oxygen atoms in total. The number of carbonyl (C=O) groups excluding carboxylic acids is 3. The third-order valence-corrected chi connectivity index (χ3v) is 17.6. The van der Waals surface area contributed by atoms with E-state index in [0.717, 1.165) is 48.3 Å². The van der Waals surface area contributed by atoms with Gasteiger partial charge in [0.2, 0.25) is 6.29 Å². The fourth-order valence-electron chi connectivity index (χ4n) is 14.3. The number of fused-ring (bicyclic) bond motifs is 7. The summed E-state index contributed by atoms with van der Waals surface area (Å²) in [6.07, 6.45) is 14.3. The van der Waals surface area contributed by atoms with E-state index >= 15 is 0 Å². The predicted molar refractivity (Wildman–Crippen MR) is 240 cm³/mol. The standard InChI is InChI=1S/C55H62O8/c1-32(2)7-6-8-33(3)46-23-24-47-43-20-13-36-31-55(28-27-53(36,4)48(43)25-26-54(46,47)5,34-9-14-37(15-10-34)60-39-18-21-41-44(29-39)51(58)62-49(41)56)35-11-16-38(17-12-35)61-40-19-22-42-45(30-40)52(59)63-50(42)57/h9-12,14-19,21-22,29-30,32-33,36,43,46-49,56H,6-8,13,20,23-28,31H2,1-5H3. The number of cyclic esters (lactones) is 3. The van der Waals surface area contributed by atoms with Gasteiger partial charge in [-0.3, -0.25) is 0 Å². The van der Waals surface area contributed by atoms with Crippen LogP contribution in [0.25, 0.3) is 0 Å². The summed E-state index contributed by atoms with van der Waals surface area (Å²) in [5.74, 6) is 5.93. The first kappa shape index (κ1) is 42.0. The molecule has 0 spiro atoms. The Hall–Kier alpha value is -4.95. The Labute approximate surface area is 372 Å². The van der Waals surface area contributed by atoms with Crippen LogP contribution in [0.4, 0.5) is 0 Å². The Bertz CT molecular complexity index is 2420. The van der Waals surface area contributed by atoms with E-state index in [1.54, 1.807) is 36.4 Å². The van der Waals surface area contributed by atoms with Crippen LogP contribution < -0.4 is 9.47 Å². The average Bonchev–Trinajstić information content (AvgIpc) is 3.88. The second-order valence-corrected chi connectivity index (χ2v) is 21.1. The van der Waals surface area contributed by atoms with Crippen LogP contribution in [-0.2, 0) is 14.9 Å². The van der Waals surface area contributed by atoms with Crippen molar-refractivity contribution in [3.63, 3.8) is 0 Å². The van der Waals surface area contributed by atoms with E-state index in [2.05, 4.69) is 58.9 Å². The molecule has 0 aromatic heterocycles. The van der Waals surface area contributed by atoms with Gasteiger partial charge in [-0.05, 0) is 182 Å². The fraction of sp³-hybridized carbons (Fsp3) is 0.509. The zero-order valence-electron chi connectivity index (χ0n) is 37.5. The fourth-order valence-corrected chi connectivity index (χ4v) is 14.3. The van der Waals surface area contributed by atoms with Crippen LogP contribution in [0, 0.1) is 52.3 Å². The number of benzene rings is 4. The first-order valence-electron chi connectivity index (χ1n) is 23.8. The summed E-state index contributed by atoms with van der Waals surface area (Å²) in [6.45, 7) is 12.7. The Balaban J connectivity index is 0.917. The lowest BCUT2D eigenvalue weighted by Gasteiger charge is -2.63. The van der Waals surface area contributed by atoms with Crippen molar-refractivity contribution < 1.29 is 38.4 Å². The van der Waals surface area contributed by atoms with Gasteiger partial charge in [-0.1, -0.05) is 78.1 Å². The maximum atomic E-state index is 12.3. The Morgan fingerprint density at radius 1 is 0.635 bits per heavy atom. The molecule has 6 aliphatic rings. The smallest absolute Gasteiger partial charge is 0.347 e. The molecule has 63 heavy (non-hydrogen) atoms. The lowest BCUT2D eigenvalue weighted by Crippen LogP contribution is -2.55.